The first-order valence-electron chi connectivity index (χ1n) is 5.23. The quantitative estimate of drug-likeness (QED) is 0.699. The highest BCUT2D eigenvalue weighted by Crippen LogP contribution is 2.22. The zero-order valence-corrected chi connectivity index (χ0v) is 8.25. The molecule has 74 valence electrons. The van der Waals surface area contributed by atoms with E-state index in [1.54, 1.807) is 7.11 Å². The molecule has 2 rings (SSSR count). The van der Waals surface area contributed by atoms with E-state index in [0.29, 0.717) is 12.1 Å². The Morgan fingerprint density at radius 1 is 1.38 bits per heavy atom. The second-order valence-corrected chi connectivity index (χ2v) is 3.89. The van der Waals surface area contributed by atoms with Crippen LogP contribution in [0.2, 0.25) is 0 Å². The highest BCUT2D eigenvalue weighted by Gasteiger charge is 2.27. The Morgan fingerprint density at radius 2 is 2.31 bits per heavy atom. The Bertz CT molecular complexity index is 203. The summed E-state index contributed by atoms with van der Waals surface area (Å²) in [5.41, 5.74) is 0. The summed E-state index contributed by atoms with van der Waals surface area (Å²) in [6, 6.07) is 0.516. The van der Waals surface area contributed by atoms with Crippen LogP contribution in [0.15, 0.2) is 4.99 Å². The van der Waals surface area contributed by atoms with Crippen LogP contribution in [-0.2, 0) is 4.74 Å². The standard InChI is InChI=1S/C10H18N2O/c1-13-9-5-2-4-8(9)12-10-6-3-7-11-10/h8-9H,2-7H2,1H3,(H,11,12). The highest BCUT2D eigenvalue weighted by molar-refractivity contribution is 5.83. The number of hydrogen-bond acceptors (Lipinski definition) is 3. The van der Waals surface area contributed by atoms with Crippen LogP contribution in [-0.4, -0.2) is 31.6 Å². The van der Waals surface area contributed by atoms with Crippen molar-refractivity contribution in [1.82, 2.24) is 5.32 Å². The predicted octanol–water partition coefficient (Wildman–Crippen LogP) is 1.34. The minimum atomic E-state index is 0.406. The van der Waals surface area contributed by atoms with Gasteiger partial charge in [0, 0.05) is 20.1 Å². The van der Waals surface area contributed by atoms with Gasteiger partial charge in [0.25, 0.3) is 0 Å². The molecular weight excluding hydrogens is 164 g/mol. The summed E-state index contributed by atoms with van der Waals surface area (Å²) < 4.78 is 5.42. The van der Waals surface area contributed by atoms with E-state index in [2.05, 4.69) is 10.3 Å². The molecule has 3 heteroatoms. The molecule has 0 aromatic heterocycles. The Balaban J connectivity index is 1.86. The monoisotopic (exact) mass is 182 g/mol. The molecule has 2 aliphatic rings. The Morgan fingerprint density at radius 3 is 3.00 bits per heavy atom. The molecule has 1 saturated carbocycles. The van der Waals surface area contributed by atoms with Crippen molar-refractivity contribution in [2.45, 2.75) is 44.2 Å². The van der Waals surface area contributed by atoms with Gasteiger partial charge in [0.15, 0.2) is 0 Å². The van der Waals surface area contributed by atoms with Crippen LogP contribution in [0.1, 0.15) is 32.1 Å². The van der Waals surface area contributed by atoms with E-state index < -0.39 is 0 Å². The normalized spacial score (nSPS) is 33.5. The molecule has 2 atom stereocenters. The van der Waals surface area contributed by atoms with E-state index in [4.69, 9.17) is 4.74 Å². The van der Waals surface area contributed by atoms with Crippen molar-refractivity contribution < 1.29 is 4.74 Å². The van der Waals surface area contributed by atoms with Crippen molar-refractivity contribution in [3.05, 3.63) is 0 Å². The molecule has 1 N–H and O–H groups in total. The second-order valence-electron chi connectivity index (χ2n) is 3.89. The van der Waals surface area contributed by atoms with E-state index in [9.17, 15) is 0 Å². The first-order valence-corrected chi connectivity index (χ1v) is 5.23. The van der Waals surface area contributed by atoms with Crippen LogP contribution in [0.4, 0.5) is 0 Å². The molecule has 0 bridgehead atoms. The molecule has 0 aromatic rings. The number of methoxy groups -OCH3 is 1. The van der Waals surface area contributed by atoms with Crippen molar-refractivity contribution in [1.29, 1.82) is 0 Å². The van der Waals surface area contributed by atoms with Crippen LogP contribution in [0, 0.1) is 0 Å². The Hall–Kier alpha value is -0.570. The first kappa shape index (κ1) is 9.00. The maximum absolute atomic E-state index is 5.42. The maximum Gasteiger partial charge on any atom is 0.0966 e. The van der Waals surface area contributed by atoms with Crippen LogP contribution in [0.3, 0.4) is 0 Å². The molecule has 0 saturated heterocycles. The molecule has 0 aromatic carbocycles. The van der Waals surface area contributed by atoms with Crippen LogP contribution in [0.5, 0.6) is 0 Å². The van der Waals surface area contributed by atoms with Gasteiger partial charge in [0.05, 0.1) is 18.0 Å². The van der Waals surface area contributed by atoms with Crippen molar-refractivity contribution in [2.75, 3.05) is 13.7 Å². The van der Waals surface area contributed by atoms with Crippen molar-refractivity contribution in [3.63, 3.8) is 0 Å². The SMILES string of the molecule is COC1CCCC1NC1=NCCC1. The summed E-state index contributed by atoms with van der Waals surface area (Å²) in [6.45, 7) is 1.01. The molecule has 0 radical (unpaired) electrons. The van der Waals surface area contributed by atoms with Gasteiger partial charge in [0.1, 0.15) is 0 Å². The number of nitrogens with zero attached hydrogens (tertiary/aromatic N) is 1. The summed E-state index contributed by atoms with van der Waals surface area (Å²) in [5, 5.41) is 3.50. The number of rotatable bonds is 2. The van der Waals surface area contributed by atoms with Crippen molar-refractivity contribution in [2.24, 2.45) is 4.99 Å². The van der Waals surface area contributed by atoms with Gasteiger partial charge < -0.3 is 10.1 Å². The van der Waals surface area contributed by atoms with E-state index in [0.717, 1.165) is 13.0 Å². The fraction of sp³-hybridized carbons (Fsp3) is 0.900. The molecule has 1 heterocycles. The average molecular weight is 182 g/mol. The number of ether oxygens (including phenoxy) is 1. The van der Waals surface area contributed by atoms with Gasteiger partial charge in [-0.25, -0.2) is 0 Å². The molecule has 2 unspecified atom stereocenters. The lowest BCUT2D eigenvalue weighted by molar-refractivity contribution is 0.0906. The third-order valence-corrected chi connectivity index (χ3v) is 2.98. The molecule has 1 aliphatic heterocycles. The zero-order chi connectivity index (χ0) is 9.10. The third kappa shape index (κ3) is 2.02. The third-order valence-electron chi connectivity index (χ3n) is 2.98. The van der Waals surface area contributed by atoms with Gasteiger partial charge in [0.2, 0.25) is 0 Å². The number of aliphatic imine (C=N–C) groups is 1. The number of amidine groups is 1. The van der Waals surface area contributed by atoms with Crippen LogP contribution in [0.25, 0.3) is 0 Å². The number of nitrogens with one attached hydrogen (secondary N) is 1. The fourth-order valence-electron chi connectivity index (χ4n) is 2.24. The van der Waals surface area contributed by atoms with Gasteiger partial charge in [-0.3, -0.25) is 4.99 Å². The molecule has 0 spiro atoms. The number of hydrogen-bond donors (Lipinski definition) is 1. The molecule has 3 nitrogen and oxygen atoms in total. The van der Waals surface area contributed by atoms with Crippen molar-refractivity contribution in [3.8, 4) is 0 Å². The minimum Gasteiger partial charge on any atom is -0.379 e. The lowest BCUT2D eigenvalue weighted by atomic mass is 10.2. The highest BCUT2D eigenvalue weighted by atomic mass is 16.5. The fourth-order valence-corrected chi connectivity index (χ4v) is 2.24. The van der Waals surface area contributed by atoms with Gasteiger partial charge in [-0.05, 0) is 25.7 Å². The predicted molar refractivity (Wildman–Crippen MR) is 53.1 cm³/mol. The van der Waals surface area contributed by atoms with Crippen molar-refractivity contribution >= 4 is 5.84 Å². The summed E-state index contributed by atoms with van der Waals surface area (Å²) >= 11 is 0. The minimum absolute atomic E-state index is 0.406. The van der Waals surface area contributed by atoms with Crippen LogP contribution < -0.4 is 5.32 Å². The topological polar surface area (TPSA) is 33.6 Å². The second kappa shape index (κ2) is 4.09. The van der Waals surface area contributed by atoms with Crippen LogP contribution >= 0.6 is 0 Å². The molecule has 1 aliphatic carbocycles. The Labute approximate surface area is 79.6 Å². The van der Waals surface area contributed by atoms with E-state index in [-0.39, 0.29) is 0 Å². The van der Waals surface area contributed by atoms with Gasteiger partial charge in [-0.1, -0.05) is 0 Å². The van der Waals surface area contributed by atoms with Gasteiger partial charge in [-0.15, -0.1) is 0 Å². The summed E-state index contributed by atoms with van der Waals surface area (Å²) in [4.78, 5) is 4.42. The first-order chi connectivity index (χ1) is 6.40. The molecular formula is C10H18N2O. The lowest BCUT2D eigenvalue weighted by Gasteiger charge is -2.20. The van der Waals surface area contributed by atoms with E-state index in [1.807, 2.05) is 0 Å². The molecule has 0 amide bonds. The lowest BCUT2D eigenvalue weighted by Crippen LogP contribution is -2.40. The molecule has 1 fully saturated rings. The largest absolute Gasteiger partial charge is 0.379 e. The Kier molecular flexibility index (Phi) is 2.83. The summed E-state index contributed by atoms with van der Waals surface area (Å²) in [7, 11) is 1.81. The smallest absolute Gasteiger partial charge is 0.0966 e. The van der Waals surface area contributed by atoms with E-state index in [1.165, 1.54) is 31.5 Å². The zero-order valence-electron chi connectivity index (χ0n) is 8.25. The van der Waals surface area contributed by atoms with Gasteiger partial charge >= 0.3 is 0 Å². The maximum atomic E-state index is 5.42. The van der Waals surface area contributed by atoms with E-state index >= 15 is 0 Å². The summed E-state index contributed by atoms with van der Waals surface area (Å²) in [5.74, 6) is 1.20. The summed E-state index contributed by atoms with van der Waals surface area (Å²) in [6.07, 6.45) is 6.46. The molecule has 13 heavy (non-hydrogen) atoms. The van der Waals surface area contributed by atoms with Gasteiger partial charge in [-0.2, -0.15) is 0 Å². The average Bonchev–Trinajstić information content (AvgIpc) is 2.76.